The Bertz CT molecular complexity index is 191. The highest BCUT2D eigenvalue weighted by Gasteiger charge is 2.21. The Morgan fingerprint density at radius 2 is 1.71 bits per heavy atom. The molecule has 0 amide bonds. The second-order valence-electron chi connectivity index (χ2n) is 5.74. The van der Waals surface area contributed by atoms with Gasteiger partial charge in [-0.15, -0.1) is 12.4 Å². The summed E-state index contributed by atoms with van der Waals surface area (Å²) in [6, 6.07) is 0.750. The van der Waals surface area contributed by atoms with Gasteiger partial charge in [0, 0.05) is 19.1 Å². The molecule has 0 aromatic rings. The second kappa shape index (κ2) is 8.34. The maximum absolute atomic E-state index is 3.44. The Balaban J connectivity index is 0.00000144. The van der Waals surface area contributed by atoms with Gasteiger partial charge in [0.1, 0.15) is 0 Å². The first-order chi connectivity index (χ1) is 7.88. The molecule has 0 aromatic carbocycles. The number of likely N-dealkylation sites (N-methyl/N-ethyl adjacent to an activating group) is 1. The van der Waals surface area contributed by atoms with Crippen LogP contribution in [0.4, 0.5) is 0 Å². The summed E-state index contributed by atoms with van der Waals surface area (Å²) in [5.41, 5.74) is 0. The first-order valence-corrected chi connectivity index (χ1v) is 7.28. The van der Waals surface area contributed by atoms with Gasteiger partial charge in [0.25, 0.3) is 0 Å². The molecular weight excluding hydrogens is 232 g/mol. The van der Waals surface area contributed by atoms with Crippen molar-refractivity contribution in [3.63, 3.8) is 0 Å². The summed E-state index contributed by atoms with van der Waals surface area (Å²) in [5, 5.41) is 3.44. The van der Waals surface area contributed by atoms with Gasteiger partial charge in [-0.05, 0) is 45.2 Å². The minimum Gasteiger partial charge on any atom is -0.316 e. The molecule has 1 saturated heterocycles. The van der Waals surface area contributed by atoms with Crippen LogP contribution >= 0.6 is 12.4 Å². The summed E-state index contributed by atoms with van der Waals surface area (Å²) in [5.74, 6) is 0.998. The van der Waals surface area contributed by atoms with Gasteiger partial charge in [-0.2, -0.15) is 0 Å². The van der Waals surface area contributed by atoms with E-state index in [2.05, 4.69) is 17.3 Å². The molecule has 1 N–H and O–H groups in total. The van der Waals surface area contributed by atoms with E-state index in [4.69, 9.17) is 0 Å². The molecule has 1 unspecified atom stereocenters. The predicted molar refractivity (Wildman–Crippen MR) is 77.0 cm³/mol. The summed E-state index contributed by atoms with van der Waals surface area (Å²) in [4.78, 5) is 2.71. The van der Waals surface area contributed by atoms with E-state index in [0.717, 1.165) is 12.0 Å². The van der Waals surface area contributed by atoms with Crippen molar-refractivity contribution in [3.8, 4) is 0 Å². The zero-order valence-electron chi connectivity index (χ0n) is 11.3. The molecule has 2 aliphatic rings. The number of nitrogens with zero attached hydrogens (tertiary/aromatic N) is 1. The molecule has 3 heteroatoms. The van der Waals surface area contributed by atoms with E-state index in [0.29, 0.717) is 0 Å². The Hall–Kier alpha value is 0.210. The van der Waals surface area contributed by atoms with E-state index in [1.165, 1.54) is 71.0 Å². The van der Waals surface area contributed by atoms with Crippen LogP contribution in [0.25, 0.3) is 0 Å². The van der Waals surface area contributed by atoms with Gasteiger partial charge in [0.05, 0.1) is 0 Å². The first kappa shape index (κ1) is 15.3. The molecule has 1 saturated carbocycles. The molecule has 2 rings (SSSR count). The average molecular weight is 261 g/mol. The largest absolute Gasteiger partial charge is 0.316 e. The molecular formula is C14H29ClN2. The maximum atomic E-state index is 3.44. The van der Waals surface area contributed by atoms with Crippen molar-refractivity contribution < 1.29 is 0 Å². The van der Waals surface area contributed by atoms with Gasteiger partial charge in [-0.1, -0.05) is 25.7 Å². The van der Waals surface area contributed by atoms with E-state index < -0.39 is 0 Å². The number of nitrogens with one attached hydrogen (secondary N) is 1. The van der Waals surface area contributed by atoms with Crippen molar-refractivity contribution in [2.24, 2.45) is 5.92 Å². The molecule has 0 radical (unpaired) electrons. The minimum absolute atomic E-state index is 0. The monoisotopic (exact) mass is 260 g/mol. The van der Waals surface area contributed by atoms with E-state index in [1.54, 1.807) is 0 Å². The molecule has 0 bridgehead atoms. The Morgan fingerprint density at radius 3 is 2.35 bits per heavy atom. The van der Waals surface area contributed by atoms with Crippen LogP contribution < -0.4 is 5.32 Å². The van der Waals surface area contributed by atoms with Gasteiger partial charge in [-0.3, -0.25) is 0 Å². The highest BCUT2D eigenvalue weighted by atomic mass is 35.5. The maximum Gasteiger partial charge on any atom is 0.0192 e. The number of piperidine rings is 1. The smallest absolute Gasteiger partial charge is 0.0192 e. The molecule has 102 valence electrons. The van der Waals surface area contributed by atoms with Gasteiger partial charge >= 0.3 is 0 Å². The lowest BCUT2D eigenvalue weighted by Crippen LogP contribution is -2.45. The van der Waals surface area contributed by atoms with E-state index >= 15 is 0 Å². The van der Waals surface area contributed by atoms with Crippen LogP contribution in [0.3, 0.4) is 0 Å². The summed E-state index contributed by atoms with van der Waals surface area (Å²) >= 11 is 0. The zero-order chi connectivity index (χ0) is 11.2. The van der Waals surface area contributed by atoms with Crippen molar-refractivity contribution in [2.75, 3.05) is 26.7 Å². The Morgan fingerprint density at radius 1 is 1.00 bits per heavy atom. The Labute approximate surface area is 113 Å². The molecule has 1 atom stereocenters. The quantitative estimate of drug-likeness (QED) is 0.785. The molecule has 1 heterocycles. The van der Waals surface area contributed by atoms with Crippen molar-refractivity contribution in [1.29, 1.82) is 0 Å². The van der Waals surface area contributed by atoms with Crippen LogP contribution in [0.5, 0.6) is 0 Å². The average Bonchev–Trinajstić information content (AvgIpc) is 2.58. The van der Waals surface area contributed by atoms with Crippen LogP contribution in [0.1, 0.15) is 51.4 Å². The van der Waals surface area contributed by atoms with Crippen molar-refractivity contribution in [2.45, 2.75) is 57.4 Å². The second-order valence-corrected chi connectivity index (χ2v) is 5.74. The minimum atomic E-state index is 0. The zero-order valence-corrected chi connectivity index (χ0v) is 12.1. The lowest BCUT2D eigenvalue weighted by molar-refractivity contribution is 0.162. The van der Waals surface area contributed by atoms with E-state index in [-0.39, 0.29) is 12.4 Å². The molecule has 0 spiro atoms. The molecule has 17 heavy (non-hydrogen) atoms. The summed E-state index contributed by atoms with van der Waals surface area (Å²) in [7, 11) is 2.11. The van der Waals surface area contributed by atoms with Crippen LogP contribution in [0.15, 0.2) is 0 Å². The molecule has 2 fully saturated rings. The molecule has 1 aliphatic heterocycles. The van der Waals surface area contributed by atoms with Gasteiger partial charge in [-0.25, -0.2) is 0 Å². The number of halogens is 1. The van der Waals surface area contributed by atoms with Gasteiger partial charge in [0.2, 0.25) is 0 Å². The summed E-state index contributed by atoms with van der Waals surface area (Å²) in [6.07, 6.45) is 11.7. The predicted octanol–water partition coefficient (Wildman–Crippen LogP) is 3.06. The number of likely N-dealkylation sites (tertiary alicyclic amines) is 1. The third kappa shape index (κ3) is 5.15. The highest BCUT2D eigenvalue weighted by molar-refractivity contribution is 5.85. The third-order valence-electron chi connectivity index (χ3n) is 4.40. The molecule has 1 aliphatic carbocycles. The third-order valence-corrected chi connectivity index (χ3v) is 4.40. The fourth-order valence-corrected chi connectivity index (χ4v) is 3.37. The normalized spacial score (nSPS) is 28.4. The van der Waals surface area contributed by atoms with Gasteiger partial charge in [0.15, 0.2) is 0 Å². The summed E-state index contributed by atoms with van der Waals surface area (Å²) < 4.78 is 0. The number of rotatable bonds is 3. The fraction of sp³-hybridized carbons (Fsp3) is 1.00. The lowest BCUT2D eigenvalue weighted by atomic mass is 9.97. The van der Waals surface area contributed by atoms with Crippen LogP contribution in [0.2, 0.25) is 0 Å². The molecule has 2 nitrogen and oxygen atoms in total. The van der Waals surface area contributed by atoms with Crippen LogP contribution in [0, 0.1) is 5.92 Å². The van der Waals surface area contributed by atoms with Crippen molar-refractivity contribution in [3.05, 3.63) is 0 Å². The topological polar surface area (TPSA) is 15.3 Å². The van der Waals surface area contributed by atoms with Crippen LogP contribution in [-0.4, -0.2) is 37.6 Å². The SMILES string of the molecule is CNC1CCCN(CC2CCCCCC2)C1.Cl. The highest BCUT2D eigenvalue weighted by Crippen LogP contribution is 2.24. The lowest BCUT2D eigenvalue weighted by Gasteiger charge is -2.34. The standard InChI is InChI=1S/C14H28N2.ClH/c1-15-14-9-6-10-16(12-14)11-13-7-4-2-3-5-8-13;/h13-15H,2-12H2,1H3;1H. The number of hydrogen-bond donors (Lipinski definition) is 1. The first-order valence-electron chi connectivity index (χ1n) is 7.28. The number of hydrogen-bond acceptors (Lipinski definition) is 2. The van der Waals surface area contributed by atoms with Crippen LogP contribution in [-0.2, 0) is 0 Å². The Kier molecular flexibility index (Phi) is 7.49. The summed E-state index contributed by atoms with van der Waals surface area (Å²) in [6.45, 7) is 4.00. The van der Waals surface area contributed by atoms with E-state index in [1.807, 2.05) is 0 Å². The van der Waals surface area contributed by atoms with Gasteiger partial charge < -0.3 is 10.2 Å². The van der Waals surface area contributed by atoms with Crippen molar-refractivity contribution in [1.82, 2.24) is 10.2 Å². The molecule has 0 aromatic heterocycles. The van der Waals surface area contributed by atoms with E-state index in [9.17, 15) is 0 Å². The fourth-order valence-electron chi connectivity index (χ4n) is 3.37. The van der Waals surface area contributed by atoms with Crippen molar-refractivity contribution >= 4 is 12.4 Å².